The molecule has 0 amide bonds. The van der Waals surface area contributed by atoms with E-state index in [-0.39, 0.29) is 11.4 Å². The SMILES string of the molecule is Fc1ccc(-c2c3ccccc3c(-c3cc4ccccc4c4ccccc34)c3ccc(-c4cc(F)c(F)c(F)c4)cc23)cc1. The van der Waals surface area contributed by atoms with Crippen LogP contribution in [0.5, 0.6) is 0 Å². The zero-order chi connectivity index (χ0) is 29.9. The van der Waals surface area contributed by atoms with Crippen LogP contribution in [0.25, 0.3) is 76.5 Å². The fourth-order valence-corrected chi connectivity index (χ4v) is 6.56. The van der Waals surface area contributed by atoms with Crippen LogP contribution >= 0.6 is 0 Å². The zero-order valence-electron chi connectivity index (χ0n) is 23.2. The van der Waals surface area contributed by atoms with Gasteiger partial charge in [-0.2, -0.15) is 0 Å². The monoisotopic (exact) mass is 578 g/mol. The molecule has 8 aromatic rings. The van der Waals surface area contributed by atoms with Crippen molar-refractivity contribution in [3.8, 4) is 33.4 Å². The largest absolute Gasteiger partial charge is 0.207 e. The fourth-order valence-electron chi connectivity index (χ4n) is 6.56. The lowest BCUT2D eigenvalue weighted by Gasteiger charge is -2.20. The van der Waals surface area contributed by atoms with Crippen LogP contribution in [0.1, 0.15) is 0 Å². The van der Waals surface area contributed by atoms with Crippen LogP contribution in [0.4, 0.5) is 17.6 Å². The molecule has 0 bridgehead atoms. The summed E-state index contributed by atoms with van der Waals surface area (Å²) in [7, 11) is 0. The van der Waals surface area contributed by atoms with Crippen LogP contribution < -0.4 is 0 Å². The standard InChI is InChI=1S/C40H22F4/c41-27-16-13-23(14-17-27)38-31-11-5-6-12-32(31)39(34-20-25-7-1-2-8-28(25)29-9-3-4-10-30(29)34)33-18-15-24(19-35(33)38)26-21-36(42)40(44)37(43)22-26/h1-22H. The molecule has 44 heavy (non-hydrogen) atoms. The van der Waals surface area contributed by atoms with Gasteiger partial charge in [-0.05, 0) is 113 Å². The summed E-state index contributed by atoms with van der Waals surface area (Å²) in [5, 5.41) is 8.22. The van der Waals surface area contributed by atoms with Gasteiger partial charge in [-0.1, -0.05) is 97.1 Å². The lowest BCUT2D eigenvalue weighted by molar-refractivity contribution is 0.448. The van der Waals surface area contributed by atoms with Crippen LogP contribution in [0.2, 0.25) is 0 Å². The van der Waals surface area contributed by atoms with E-state index in [0.717, 1.165) is 77.5 Å². The topological polar surface area (TPSA) is 0 Å². The van der Waals surface area contributed by atoms with Gasteiger partial charge in [-0.25, -0.2) is 17.6 Å². The van der Waals surface area contributed by atoms with Crippen molar-refractivity contribution in [1.82, 2.24) is 0 Å². The van der Waals surface area contributed by atoms with Gasteiger partial charge in [-0.3, -0.25) is 0 Å². The maximum Gasteiger partial charge on any atom is 0.194 e. The molecule has 4 heteroatoms. The molecule has 0 aliphatic rings. The quantitative estimate of drug-likeness (QED) is 0.0847. The number of hydrogen-bond donors (Lipinski definition) is 0. The van der Waals surface area contributed by atoms with Crippen LogP contribution in [0.15, 0.2) is 133 Å². The molecule has 0 aromatic heterocycles. The lowest BCUT2D eigenvalue weighted by Crippen LogP contribution is -1.94. The van der Waals surface area contributed by atoms with E-state index in [1.165, 1.54) is 12.1 Å². The van der Waals surface area contributed by atoms with Gasteiger partial charge < -0.3 is 0 Å². The molecule has 0 fully saturated rings. The summed E-state index contributed by atoms with van der Waals surface area (Å²) in [5.74, 6) is -4.35. The Balaban J connectivity index is 1.55. The zero-order valence-corrected chi connectivity index (χ0v) is 23.2. The van der Waals surface area contributed by atoms with Crippen LogP contribution in [0.3, 0.4) is 0 Å². The minimum atomic E-state index is -1.50. The molecule has 0 unspecified atom stereocenters. The first-order valence-corrected chi connectivity index (χ1v) is 14.3. The van der Waals surface area contributed by atoms with Crippen molar-refractivity contribution in [2.24, 2.45) is 0 Å². The predicted octanol–water partition coefficient (Wildman–Crippen LogP) is 11.9. The predicted molar refractivity (Wildman–Crippen MR) is 173 cm³/mol. The van der Waals surface area contributed by atoms with Crippen LogP contribution in [-0.4, -0.2) is 0 Å². The Morgan fingerprint density at radius 3 is 1.59 bits per heavy atom. The Labute approximate surface area is 250 Å². The molecule has 0 saturated heterocycles. The molecule has 0 saturated carbocycles. The summed E-state index contributed by atoms with van der Waals surface area (Å²) in [5.41, 5.74) is 4.50. The summed E-state index contributed by atoms with van der Waals surface area (Å²) < 4.78 is 56.6. The normalized spacial score (nSPS) is 11.6. The molecule has 0 aliphatic heterocycles. The van der Waals surface area contributed by atoms with E-state index in [0.29, 0.717) is 5.56 Å². The summed E-state index contributed by atoms with van der Waals surface area (Å²) in [4.78, 5) is 0. The highest BCUT2D eigenvalue weighted by Gasteiger charge is 2.20. The lowest BCUT2D eigenvalue weighted by atomic mass is 9.83. The van der Waals surface area contributed by atoms with Gasteiger partial charge in [-0.15, -0.1) is 0 Å². The summed E-state index contributed by atoms with van der Waals surface area (Å²) >= 11 is 0. The molecular formula is C40H22F4. The smallest absolute Gasteiger partial charge is 0.194 e. The Morgan fingerprint density at radius 2 is 0.886 bits per heavy atom. The third kappa shape index (κ3) is 4.06. The molecule has 8 rings (SSSR count). The second-order valence-corrected chi connectivity index (χ2v) is 11.0. The maximum absolute atomic E-state index is 14.3. The van der Waals surface area contributed by atoms with Crippen molar-refractivity contribution in [2.75, 3.05) is 0 Å². The Kier molecular flexibility index (Phi) is 5.98. The Hall–Kier alpha value is -5.48. The number of rotatable bonds is 3. The van der Waals surface area contributed by atoms with Crippen molar-refractivity contribution < 1.29 is 17.6 Å². The molecule has 0 radical (unpaired) electrons. The minimum Gasteiger partial charge on any atom is -0.207 e. The van der Waals surface area contributed by atoms with Gasteiger partial charge in [0.2, 0.25) is 0 Å². The van der Waals surface area contributed by atoms with Gasteiger partial charge in [0.05, 0.1) is 0 Å². The van der Waals surface area contributed by atoms with Gasteiger partial charge in [0.15, 0.2) is 17.5 Å². The van der Waals surface area contributed by atoms with E-state index >= 15 is 0 Å². The summed E-state index contributed by atoms with van der Waals surface area (Å²) in [6.07, 6.45) is 0. The fraction of sp³-hybridized carbons (Fsp3) is 0. The molecule has 0 spiro atoms. The molecule has 0 aliphatic carbocycles. The Bertz CT molecular complexity index is 2400. The number of benzene rings is 8. The van der Waals surface area contributed by atoms with Crippen molar-refractivity contribution in [2.45, 2.75) is 0 Å². The highest BCUT2D eigenvalue weighted by Crippen LogP contribution is 2.47. The number of fused-ring (bicyclic) bond motifs is 5. The van der Waals surface area contributed by atoms with Gasteiger partial charge in [0, 0.05) is 0 Å². The molecular weight excluding hydrogens is 556 g/mol. The highest BCUT2D eigenvalue weighted by atomic mass is 19.2. The van der Waals surface area contributed by atoms with E-state index in [2.05, 4.69) is 36.4 Å². The van der Waals surface area contributed by atoms with Gasteiger partial charge >= 0.3 is 0 Å². The van der Waals surface area contributed by atoms with Crippen molar-refractivity contribution in [1.29, 1.82) is 0 Å². The number of halogens is 4. The van der Waals surface area contributed by atoms with Gasteiger partial charge in [0.25, 0.3) is 0 Å². The van der Waals surface area contributed by atoms with Crippen LogP contribution in [-0.2, 0) is 0 Å². The van der Waals surface area contributed by atoms with Crippen LogP contribution in [0, 0.1) is 23.3 Å². The van der Waals surface area contributed by atoms with E-state index in [9.17, 15) is 17.6 Å². The van der Waals surface area contributed by atoms with E-state index < -0.39 is 17.5 Å². The van der Waals surface area contributed by atoms with Gasteiger partial charge in [0.1, 0.15) is 5.82 Å². The highest BCUT2D eigenvalue weighted by molar-refractivity contribution is 6.26. The summed E-state index contributed by atoms with van der Waals surface area (Å²) in [6.45, 7) is 0. The average molecular weight is 579 g/mol. The van der Waals surface area contributed by atoms with E-state index in [4.69, 9.17) is 0 Å². The van der Waals surface area contributed by atoms with Crippen molar-refractivity contribution in [3.63, 3.8) is 0 Å². The first kappa shape index (κ1) is 26.2. The molecule has 0 atom stereocenters. The van der Waals surface area contributed by atoms with Crippen molar-refractivity contribution in [3.05, 3.63) is 157 Å². The summed E-state index contributed by atoms with van der Waals surface area (Å²) in [6, 6.07) is 41.0. The second-order valence-electron chi connectivity index (χ2n) is 11.0. The third-order valence-corrected chi connectivity index (χ3v) is 8.51. The molecule has 0 nitrogen and oxygen atoms in total. The number of hydrogen-bond acceptors (Lipinski definition) is 0. The molecule has 0 N–H and O–H groups in total. The maximum atomic E-state index is 14.3. The Morgan fingerprint density at radius 1 is 0.341 bits per heavy atom. The molecule has 0 heterocycles. The molecule has 210 valence electrons. The first-order chi connectivity index (χ1) is 21.5. The second kappa shape index (κ2) is 10.1. The molecule has 8 aromatic carbocycles. The minimum absolute atomic E-state index is 0.221. The van der Waals surface area contributed by atoms with E-state index in [1.54, 1.807) is 12.1 Å². The van der Waals surface area contributed by atoms with Crippen molar-refractivity contribution >= 4 is 43.1 Å². The van der Waals surface area contributed by atoms with E-state index in [1.807, 2.05) is 60.7 Å². The third-order valence-electron chi connectivity index (χ3n) is 8.51. The first-order valence-electron chi connectivity index (χ1n) is 14.3. The average Bonchev–Trinajstić information content (AvgIpc) is 3.06.